The molecule has 1 aliphatic carbocycles. The van der Waals surface area contributed by atoms with Crippen LogP contribution in [0.1, 0.15) is 31.2 Å². The van der Waals surface area contributed by atoms with Crippen LogP contribution in [-0.4, -0.2) is 21.6 Å². The van der Waals surface area contributed by atoms with Crippen LogP contribution < -0.4 is 11.0 Å². The van der Waals surface area contributed by atoms with Gasteiger partial charge < -0.3 is 5.32 Å². The van der Waals surface area contributed by atoms with Crippen molar-refractivity contribution in [3.63, 3.8) is 0 Å². The Labute approximate surface area is 154 Å². The van der Waals surface area contributed by atoms with Crippen LogP contribution >= 0.6 is 0 Å². The molecule has 0 radical (unpaired) electrons. The number of benzene rings is 1. The quantitative estimate of drug-likeness (QED) is 0.883. The first-order chi connectivity index (χ1) is 12.8. The van der Waals surface area contributed by atoms with Crippen molar-refractivity contribution in [2.75, 3.05) is 5.32 Å². The van der Waals surface area contributed by atoms with Crippen LogP contribution in [0.3, 0.4) is 0 Å². The normalized spacial score (nSPS) is 20.3. The lowest BCUT2D eigenvalue weighted by Gasteiger charge is -2.32. The van der Waals surface area contributed by atoms with Gasteiger partial charge in [0.05, 0.1) is 12.5 Å². The first-order valence-electron chi connectivity index (χ1n) is 8.82. The third-order valence-corrected chi connectivity index (χ3v) is 4.85. The van der Waals surface area contributed by atoms with Gasteiger partial charge in [0.2, 0.25) is 5.91 Å². The Morgan fingerprint density at radius 2 is 2.00 bits per heavy atom. The molecule has 0 saturated heterocycles. The molecule has 144 valence electrons. The minimum absolute atomic E-state index is 0.00838. The minimum Gasteiger partial charge on any atom is -0.326 e. The maximum absolute atomic E-state index is 13.2. The Morgan fingerprint density at radius 3 is 2.74 bits per heavy atom. The Hall–Kier alpha value is -2.64. The lowest BCUT2D eigenvalue weighted by Crippen LogP contribution is -2.39. The molecule has 5 nitrogen and oxygen atoms in total. The molecule has 8 heteroatoms. The number of nitrogens with one attached hydrogen (secondary N) is 1. The molecular formula is C19H20F3N3O2. The number of rotatable bonds is 4. The second kappa shape index (κ2) is 7.94. The lowest BCUT2D eigenvalue weighted by molar-refractivity contribution is -0.197. The highest BCUT2D eigenvalue weighted by atomic mass is 19.4. The summed E-state index contributed by atoms with van der Waals surface area (Å²) in [6, 6.07) is 8.37. The van der Waals surface area contributed by atoms with Gasteiger partial charge in [-0.05, 0) is 36.6 Å². The lowest BCUT2D eigenvalue weighted by atomic mass is 9.78. The van der Waals surface area contributed by atoms with Crippen LogP contribution in [0.5, 0.6) is 0 Å². The van der Waals surface area contributed by atoms with Gasteiger partial charge in [0.1, 0.15) is 0 Å². The van der Waals surface area contributed by atoms with Crippen molar-refractivity contribution in [3.8, 4) is 0 Å². The summed E-state index contributed by atoms with van der Waals surface area (Å²) in [4.78, 5) is 27.8. The minimum atomic E-state index is -4.37. The molecule has 1 fully saturated rings. The molecule has 3 rings (SSSR count). The first-order valence-corrected chi connectivity index (χ1v) is 8.82. The summed E-state index contributed by atoms with van der Waals surface area (Å²) < 4.78 is 41.1. The van der Waals surface area contributed by atoms with E-state index in [9.17, 15) is 22.8 Å². The standard InChI is InChI=1S/C19H20F3N3O2/c20-19(21,22)16-8-2-1-7-15(16)17(26)24-14-6-3-5-13(11-14)12-25-10-4-9-23-18(25)27/h3-6,9-11,15-16H,1-2,7-8,12H2,(H,24,26). The zero-order chi connectivity index (χ0) is 19.4. The molecule has 1 aromatic carbocycles. The molecule has 1 heterocycles. The van der Waals surface area contributed by atoms with E-state index >= 15 is 0 Å². The van der Waals surface area contributed by atoms with Crippen molar-refractivity contribution in [1.82, 2.24) is 9.55 Å². The molecule has 2 atom stereocenters. The number of hydrogen-bond acceptors (Lipinski definition) is 3. The summed E-state index contributed by atoms with van der Waals surface area (Å²) in [5.74, 6) is -3.26. The van der Waals surface area contributed by atoms with E-state index in [2.05, 4.69) is 10.3 Å². The molecule has 1 aliphatic rings. The number of carbonyl (C=O) groups excluding carboxylic acids is 1. The fourth-order valence-electron chi connectivity index (χ4n) is 3.52. The Morgan fingerprint density at radius 1 is 1.22 bits per heavy atom. The third kappa shape index (κ3) is 4.75. The van der Waals surface area contributed by atoms with Crippen molar-refractivity contribution in [2.24, 2.45) is 11.8 Å². The summed E-state index contributed by atoms with van der Waals surface area (Å²) in [5.41, 5.74) is 0.752. The number of alkyl halides is 3. The second-order valence-corrected chi connectivity index (χ2v) is 6.76. The zero-order valence-electron chi connectivity index (χ0n) is 14.6. The molecule has 1 saturated carbocycles. The van der Waals surface area contributed by atoms with E-state index in [0.717, 1.165) is 5.56 Å². The highest BCUT2D eigenvalue weighted by Gasteiger charge is 2.48. The van der Waals surface area contributed by atoms with E-state index in [4.69, 9.17) is 0 Å². The molecule has 0 bridgehead atoms. The monoisotopic (exact) mass is 379 g/mol. The molecule has 1 aromatic heterocycles. The number of amides is 1. The Kier molecular flexibility index (Phi) is 5.62. The summed E-state index contributed by atoms with van der Waals surface area (Å²) in [6.45, 7) is 0.255. The van der Waals surface area contributed by atoms with Crippen LogP contribution in [-0.2, 0) is 11.3 Å². The van der Waals surface area contributed by atoms with Gasteiger partial charge in [0.15, 0.2) is 0 Å². The molecular weight excluding hydrogens is 359 g/mol. The van der Waals surface area contributed by atoms with E-state index in [1.54, 1.807) is 36.5 Å². The van der Waals surface area contributed by atoms with Gasteiger partial charge in [0, 0.05) is 24.0 Å². The number of halogens is 3. The van der Waals surface area contributed by atoms with Crippen LogP contribution in [0, 0.1) is 11.8 Å². The van der Waals surface area contributed by atoms with Crippen LogP contribution in [0.15, 0.2) is 47.5 Å². The summed E-state index contributed by atoms with van der Waals surface area (Å²) in [5, 5.41) is 2.61. The van der Waals surface area contributed by atoms with Gasteiger partial charge in [-0.3, -0.25) is 9.36 Å². The number of aromatic nitrogens is 2. The zero-order valence-corrected chi connectivity index (χ0v) is 14.6. The summed E-state index contributed by atoms with van der Waals surface area (Å²) >= 11 is 0. The van der Waals surface area contributed by atoms with Crippen LogP contribution in [0.25, 0.3) is 0 Å². The fourth-order valence-corrected chi connectivity index (χ4v) is 3.52. The maximum Gasteiger partial charge on any atom is 0.392 e. The predicted molar refractivity (Wildman–Crippen MR) is 94.2 cm³/mol. The molecule has 1 N–H and O–H groups in total. The number of nitrogens with zero attached hydrogens (tertiary/aromatic N) is 2. The third-order valence-electron chi connectivity index (χ3n) is 4.85. The topological polar surface area (TPSA) is 64.0 Å². The summed E-state index contributed by atoms with van der Waals surface area (Å²) in [7, 11) is 0. The summed E-state index contributed by atoms with van der Waals surface area (Å²) in [6.07, 6.45) is -0.0384. The van der Waals surface area contributed by atoms with Gasteiger partial charge in [-0.2, -0.15) is 13.2 Å². The predicted octanol–water partition coefficient (Wildman–Crippen LogP) is 3.60. The van der Waals surface area contributed by atoms with E-state index < -0.39 is 29.6 Å². The molecule has 0 aliphatic heterocycles. The average molecular weight is 379 g/mol. The van der Waals surface area contributed by atoms with Gasteiger partial charge in [0.25, 0.3) is 0 Å². The van der Waals surface area contributed by atoms with Crippen molar-refractivity contribution >= 4 is 11.6 Å². The van der Waals surface area contributed by atoms with Crippen molar-refractivity contribution in [2.45, 2.75) is 38.4 Å². The van der Waals surface area contributed by atoms with Gasteiger partial charge in [-0.25, -0.2) is 9.78 Å². The number of carbonyl (C=O) groups is 1. The van der Waals surface area contributed by atoms with Crippen molar-refractivity contribution < 1.29 is 18.0 Å². The van der Waals surface area contributed by atoms with Crippen LogP contribution in [0.2, 0.25) is 0 Å². The Bertz CT molecular complexity index is 864. The molecule has 1 amide bonds. The maximum atomic E-state index is 13.2. The van der Waals surface area contributed by atoms with Crippen molar-refractivity contribution in [3.05, 3.63) is 58.8 Å². The van der Waals surface area contributed by atoms with Gasteiger partial charge >= 0.3 is 11.9 Å². The number of hydrogen-bond donors (Lipinski definition) is 1. The fraction of sp³-hybridized carbons (Fsp3) is 0.421. The van der Waals surface area contributed by atoms with E-state index in [1.807, 2.05) is 0 Å². The molecule has 0 spiro atoms. The molecule has 2 aromatic rings. The van der Waals surface area contributed by atoms with Gasteiger partial charge in [-0.1, -0.05) is 25.0 Å². The number of anilines is 1. The second-order valence-electron chi connectivity index (χ2n) is 6.76. The highest BCUT2D eigenvalue weighted by Crippen LogP contribution is 2.41. The van der Waals surface area contributed by atoms with E-state index in [-0.39, 0.29) is 19.4 Å². The molecule has 27 heavy (non-hydrogen) atoms. The smallest absolute Gasteiger partial charge is 0.326 e. The van der Waals surface area contributed by atoms with E-state index in [1.165, 1.54) is 10.8 Å². The Balaban J connectivity index is 1.73. The van der Waals surface area contributed by atoms with Gasteiger partial charge in [-0.15, -0.1) is 0 Å². The highest BCUT2D eigenvalue weighted by molar-refractivity contribution is 5.92. The SMILES string of the molecule is O=C(Nc1cccc(Cn2cccnc2=O)c1)C1CCCCC1C(F)(F)F. The van der Waals surface area contributed by atoms with Crippen molar-refractivity contribution in [1.29, 1.82) is 0 Å². The average Bonchev–Trinajstić information content (AvgIpc) is 2.63. The largest absolute Gasteiger partial charge is 0.392 e. The first kappa shape index (κ1) is 19.1. The van der Waals surface area contributed by atoms with E-state index in [0.29, 0.717) is 18.5 Å². The molecule has 2 unspecified atom stereocenters. The van der Waals surface area contributed by atoms with Crippen LogP contribution in [0.4, 0.5) is 18.9 Å².